The topological polar surface area (TPSA) is 49.4 Å². The zero-order valence-electron chi connectivity index (χ0n) is 14.6. The van der Waals surface area contributed by atoms with Crippen LogP contribution < -0.4 is 5.32 Å². The van der Waals surface area contributed by atoms with E-state index < -0.39 is 12.0 Å². The van der Waals surface area contributed by atoms with Crippen molar-refractivity contribution >= 4 is 29.1 Å². The Kier molecular flexibility index (Phi) is 5.28. The summed E-state index contributed by atoms with van der Waals surface area (Å²) in [5, 5.41) is 3.39. The highest BCUT2D eigenvalue weighted by molar-refractivity contribution is 6.30. The molecule has 4 nitrogen and oxygen atoms in total. The van der Waals surface area contributed by atoms with Crippen LogP contribution in [0.4, 0.5) is 10.1 Å². The lowest BCUT2D eigenvalue weighted by molar-refractivity contribution is -0.140. The van der Waals surface area contributed by atoms with Gasteiger partial charge in [0.15, 0.2) is 0 Å². The lowest BCUT2D eigenvalue weighted by Crippen LogP contribution is -2.44. The number of anilines is 1. The predicted octanol–water partition coefficient (Wildman–Crippen LogP) is 4.34. The molecule has 1 unspecified atom stereocenters. The monoisotopic (exact) mass is 374 g/mol. The molecule has 1 N–H and O–H groups in total. The molecular weight excluding hydrogens is 355 g/mol. The van der Waals surface area contributed by atoms with E-state index in [-0.39, 0.29) is 24.1 Å². The Labute approximate surface area is 157 Å². The molecule has 1 fully saturated rings. The van der Waals surface area contributed by atoms with E-state index >= 15 is 0 Å². The number of nitrogens with zero attached hydrogens (tertiary/aromatic N) is 1. The Morgan fingerprint density at radius 3 is 2.77 bits per heavy atom. The summed E-state index contributed by atoms with van der Waals surface area (Å²) in [4.78, 5) is 26.7. The molecule has 2 aromatic carbocycles. The van der Waals surface area contributed by atoms with Crippen LogP contribution in [0.3, 0.4) is 0 Å². The third kappa shape index (κ3) is 3.73. The lowest BCUT2D eigenvalue weighted by atomic mass is 9.82. The first-order valence-electron chi connectivity index (χ1n) is 8.45. The fourth-order valence-electron chi connectivity index (χ4n) is 3.47. The Hall–Kier alpha value is -2.40. The van der Waals surface area contributed by atoms with E-state index in [1.165, 1.54) is 12.1 Å². The minimum atomic E-state index is -0.508. The molecule has 2 atom stereocenters. The molecule has 136 valence electrons. The van der Waals surface area contributed by atoms with Crippen molar-refractivity contribution in [3.05, 3.63) is 64.4 Å². The number of nitrogens with one attached hydrogen (secondary N) is 1. The highest BCUT2D eigenvalue weighted by Crippen LogP contribution is 2.38. The molecule has 6 heteroatoms. The van der Waals surface area contributed by atoms with Crippen LogP contribution in [0.25, 0.3) is 0 Å². The molecule has 1 aliphatic heterocycles. The van der Waals surface area contributed by atoms with Gasteiger partial charge in [-0.3, -0.25) is 9.59 Å². The number of hydrogen-bond acceptors (Lipinski definition) is 2. The fourth-order valence-corrected chi connectivity index (χ4v) is 3.66. The number of benzene rings is 2. The van der Waals surface area contributed by atoms with Crippen LogP contribution in [-0.2, 0) is 9.59 Å². The fraction of sp³-hybridized carbons (Fsp3) is 0.300. The van der Waals surface area contributed by atoms with Crippen molar-refractivity contribution in [1.82, 2.24) is 4.90 Å². The van der Waals surface area contributed by atoms with E-state index in [9.17, 15) is 14.0 Å². The van der Waals surface area contributed by atoms with Crippen molar-refractivity contribution < 1.29 is 14.0 Å². The molecule has 0 aromatic heterocycles. The van der Waals surface area contributed by atoms with Crippen LogP contribution in [-0.4, -0.2) is 23.8 Å². The zero-order valence-corrected chi connectivity index (χ0v) is 15.4. The first-order valence-corrected chi connectivity index (χ1v) is 8.83. The first-order chi connectivity index (χ1) is 12.4. The number of carbonyl (C=O) groups is 2. The summed E-state index contributed by atoms with van der Waals surface area (Å²) in [6.07, 6.45) is 0.700. The normalized spacial score (nSPS) is 20.2. The van der Waals surface area contributed by atoms with Gasteiger partial charge < -0.3 is 10.2 Å². The summed E-state index contributed by atoms with van der Waals surface area (Å²) in [5.74, 6) is -1.12. The molecule has 1 aliphatic rings. The van der Waals surface area contributed by atoms with E-state index in [2.05, 4.69) is 5.32 Å². The molecular formula is C20H20ClFN2O2. The molecule has 26 heavy (non-hydrogen) atoms. The van der Waals surface area contributed by atoms with Gasteiger partial charge in [0.25, 0.3) is 0 Å². The Balaban J connectivity index is 1.93. The Bertz CT molecular complexity index is 855. The number of carbonyl (C=O) groups excluding carboxylic acids is 2. The van der Waals surface area contributed by atoms with E-state index in [4.69, 9.17) is 11.6 Å². The smallest absolute Gasteiger partial charge is 0.229 e. The largest absolute Gasteiger partial charge is 0.338 e. The van der Waals surface area contributed by atoms with Gasteiger partial charge >= 0.3 is 0 Å². The molecule has 0 bridgehead atoms. The molecule has 0 saturated carbocycles. The van der Waals surface area contributed by atoms with E-state index in [1.54, 1.807) is 42.3 Å². The van der Waals surface area contributed by atoms with Gasteiger partial charge in [-0.2, -0.15) is 0 Å². The maximum Gasteiger partial charge on any atom is 0.229 e. The van der Waals surface area contributed by atoms with Gasteiger partial charge in [0.1, 0.15) is 5.82 Å². The molecule has 2 aromatic rings. The van der Waals surface area contributed by atoms with Crippen molar-refractivity contribution in [3.63, 3.8) is 0 Å². The standard InChI is InChI=1S/C20H20ClFN2O2/c1-12-6-7-14(22)11-17(12)19-16(8-9-18(25)24(19)2)20(26)23-15-5-3-4-13(21)10-15/h3-7,10-11,16,19H,8-9H2,1-2H3,(H,23,26)/t16?,19-/m0/s1. The van der Waals surface area contributed by atoms with Crippen LogP contribution in [0.15, 0.2) is 42.5 Å². The summed E-state index contributed by atoms with van der Waals surface area (Å²) in [6.45, 7) is 1.85. The summed E-state index contributed by atoms with van der Waals surface area (Å²) in [7, 11) is 1.66. The van der Waals surface area contributed by atoms with Crippen molar-refractivity contribution in [2.75, 3.05) is 12.4 Å². The van der Waals surface area contributed by atoms with Crippen molar-refractivity contribution in [1.29, 1.82) is 0 Å². The molecule has 1 heterocycles. The van der Waals surface area contributed by atoms with Crippen LogP contribution >= 0.6 is 11.6 Å². The van der Waals surface area contributed by atoms with Crippen LogP contribution in [0.5, 0.6) is 0 Å². The van der Waals surface area contributed by atoms with Gasteiger partial charge in [-0.1, -0.05) is 23.7 Å². The van der Waals surface area contributed by atoms with E-state index in [0.29, 0.717) is 22.7 Å². The number of likely N-dealkylation sites (tertiary alicyclic amines) is 1. The number of amides is 2. The summed E-state index contributed by atoms with van der Waals surface area (Å²) < 4.78 is 13.8. The average molecular weight is 375 g/mol. The quantitative estimate of drug-likeness (QED) is 0.869. The number of piperidine rings is 1. The maximum atomic E-state index is 13.8. The average Bonchev–Trinajstić information content (AvgIpc) is 2.59. The Morgan fingerprint density at radius 1 is 1.27 bits per heavy atom. The highest BCUT2D eigenvalue weighted by atomic mass is 35.5. The van der Waals surface area contributed by atoms with Gasteiger partial charge in [0, 0.05) is 24.2 Å². The lowest BCUT2D eigenvalue weighted by Gasteiger charge is -2.39. The minimum Gasteiger partial charge on any atom is -0.338 e. The SMILES string of the molecule is Cc1ccc(F)cc1[C@@H]1C(C(=O)Nc2cccc(Cl)c2)CCC(=O)N1C. The van der Waals surface area contributed by atoms with Crippen LogP contribution in [0.1, 0.15) is 30.0 Å². The van der Waals surface area contributed by atoms with Gasteiger partial charge in [-0.25, -0.2) is 4.39 Å². The third-order valence-corrected chi connectivity index (χ3v) is 5.08. The molecule has 0 aliphatic carbocycles. The Morgan fingerprint density at radius 2 is 2.04 bits per heavy atom. The number of rotatable bonds is 3. The molecule has 0 radical (unpaired) electrons. The second kappa shape index (κ2) is 7.46. The molecule has 3 rings (SSSR count). The third-order valence-electron chi connectivity index (χ3n) is 4.85. The predicted molar refractivity (Wildman–Crippen MR) is 99.5 cm³/mol. The van der Waals surface area contributed by atoms with Gasteiger partial charge in [-0.15, -0.1) is 0 Å². The van der Waals surface area contributed by atoms with Gasteiger partial charge in [0.2, 0.25) is 11.8 Å². The highest BCUT2D eigenvalue weighted by Gasteiger charge is 2.39. The second-order valence-electron chi connectivity index (χ2n) is 6.60. The molecule has 2 amide bonds. The van der Waals surface area contributed by atoms with Crippen molar-refractivity contribution in [3.8, 4) is 0 Å². The van der Waals surface area contributed by atoms with Gasteiger partial charge in [0.05, 0.1) is 12.0 Å². The van der Waals surface area contributed by atoms with E-state index in [1.807, 2.05) is 6.92 Å². The summed E-state index contributed by atoms with van der Waals surface area (Å²) >= 11 is 5.97. The minimum absolute atomic E-state index is 0.0505. The first kappa shape index (κ1) is 18.4. The summed E-state index contributed by atoms with van der Waals surface area (Å²) in [6, 6.07) is 10.9. The maximum absolute atomic E-state index is 13.8. The summed E-state index contributed by atoms with van der Waals surface area (Å²) in [5.41, 5.74) is 2.10. The second-order valence-corrected chi connectivity index (χ2v) is 7.03. The number of hydrogen-bond donors (Lipinski definition) is 1. The van der Waals surface area contributed by atoms with Crippen molar-refractivity contribution in [2.24, 2.45) is 5.92 Å². The van der Waals surface area contributed by atoms with Crippen LogP contribution in [0.2, 0.25) is 5.02 Å². The number of halogens is 2. The van der Waals surface area contributed by atoms with Crippen molar-refractivity contribution in [2.45, 2.75) is 25.8 Å². The molecule has 1 saturated heterocycles. The van der Waals surface area contributed by atoms with Gasteiger partial charge in [-0.05, 0) is 54.8 Å². The zero-order chi connectivity index (χ0) is 18.8. The number of aryl methyl sites for hydroxylation is 1. The van der Waals surface area contributed by atoms with Crippen LogP contribution in [0, 0.1) is 18.7 Å². The molecule has 0 spiro atoms. The van der Waals surface area contributed by atoms with E-state index in [0.717, 1.165) is 5.56 Å².